The zero-order valence-electron chi connectivity index (χ0n) is 11.8. The lowest BCUT2D eigenvalue weighted by molar-refractivity contribution is -0.140. The molecule has 0 bridgehead atoms. The number of imidazole rings is 1. The van der Waals surface area contributed by atoms with E-state index in [1.807, 2.05) is 6.20 Å². The second-order valence-electron chi connectivity index (χ2n) is 5.29. The summed E-state index contributed by atoms with van der Waals surface area (Å²) >= 11 is 0. The van der Waals surface area contributed by atoms with Gasteiger partial charge in [0, 0.05) is 26.0 Å². The number of nitrogens with zero attached hydrogens (tertiary/aromatic N) is 2. The summed E-state index contributed by atoms with van der Waals surface area (Å²) in [7, 11) is 1.65. The van der Waals surface area contributed by atoms with Gasteiger partial charge in [-0.1, -0.05) is 13.3 Å². The maximum absolute atomic E-state index is 12.3. The zero-order chi connectivity index (χ0) is 13.7. The Hall–Kier alpha value is -1.36. The number of ether oxygens (including phenoxy) is 1. The Bertz CT molecular complexity index is 424. The van der Waals surface area contributed by atoms with Crippen LogP contribution in [0.3, 0.4) is 0 Å². The standard InChI is InChI=1S/C14H23N3O2/c1-3-8-17-9-7-15-12(17)10-16-13(18)14(11-19-2)5-4-6-14/h7,9H,3-6,8,10-11H2,1-2H3,(H,16,18). The van der Waals surface area contributed by atoms with Crippen molar-refractivity contribution in [3.8, 4) is 0 Å². The monoisotopic (exact) mass is 265 g/mol. The molecule has 0 radical (unpaired) electrons. The molecule has 5 heteroatoms. The van der Waals surface area contributed by atoms with Gasteiger partial charge in [-0.15, -0.1) is 0 Å². The van der Waals surface area contributed by atoms with Crippen LogP contribution in [-0.4, -0.2) is 29.2 Å². The number of rotatable bonds is 7. The number of aryl methyl sites for hydroxylation is 1. The Kier molecular flexibility index (Phi) is 4.58. The predicted octanol–water partition coefficient (Wildman–Crippen LogP) is 1.73. The third-order valence-electron chi connectivity index (χ3n) is 3.89. The average Bonchev–Trinajstić information content (AvgIpc) is 2.79. The Morgan fingerprint density at radius 2 is 2.37 bits per heavy atom. The van der Waals surface area contributed by atoms with Gasteiger partial charge in [0.1, 0.15) is 5.82 Å². The molecule has 0 unspecified atom stereocenters. The number of methoxy groups -OCH3 is 1. The topological polar surface area (TPSA) is 56.2 Å². The van der Waals surface area contributed by atoms with E-state index in [0.29, 0.717) is 13.2 Å². The van der Waals surface area contributed by atoms with Gasteiger partial charge in [-0.25, -0.2) is 4.98 Å². The number of nitrogens with one attached hydrogen (secondary N) is 1. The van der Waals surface area contributed by atoms with Gasteiger partial charge < -0.3 is 14.6 Å². The van der Waals surface area contributed by atoms with Gasteiger partial charge in [0.15, 0.2) is 0 Å². The van der Waals surface area contributed by atoms with Crippen molar-refractivity contribution in [1.82, 2.24) is 14.9 Å². The van der Waals surface area contributed by atoms with Crippen molar-refractivity contribution in [2.75, 3.05) is 13.7 Å². The molecular formula is C14H23N3O2. The van der Waals surface area contributed by atoms with Crippen molar-refractivity contribution < 1.29 is 9.53 Å². The molecule has 1 N–H and O–H groups in total. The van der Waals surface area contributed by atoms with Crippen molar-refractivity contribution in [2.24, 2.45) is 5.41 Å². The molecule has 1 fully saturated rings. The smallest absolute Gasteiger partial charge is 0.228 e. The van der Waals surface area contributed by atoms with Crippen molar-refractivity contribution in [3.63, 3.8) is 0 Å². The fourth-order valence-electron chi connectivity index (χ4n) is 2.62. The van der Waals surface area contributed by atoms with Crippen LogP contribution in [0.2, 0.25) is 0 Å². The lowest BCUT2D eigenvalue weighted by Gasteiger charge is -2.39. The van der Waals surface area contributed by atoms with E-state index in [0.717, 1.165) is 38.1 Å². The highest BCUT2D eigenvalue weighted by molar-refractivity contribution is 5.83. The molecule has 2 rings (SSSR count). The number of carbonyl (C=O) groups excluding carboxylic acids is 1. The van der Waals surface area contributed by atoms with Gasteiger partial charge in [-0.2, -0.15) is 0 Å². The Balaban J connectivity index is 1.91. The number of aromatic nitrogens is 2. The Morgan fingerprint density at radius 3 is 2.95 bits per heavy atom. The molecule has 5 nitrogen and oxygen atoms in total. The first-order valence-corrected chi connectivity index (χ1v) is 6.99. The van der Waals surface area contributed by atoms with Crippen LogP contribution in [0.1, 0.15) is 38.4 Å². The molecule has 19 heavy (non-hydrogen) atoms. The van der Waals surface area contributed by atoms with Crippen molar-refractivity contribution >= 4 is 5.91 Å². The molecule has 1 aromatic rings. The van der Waals surface area contributed by atoms with Gasteiger partial charge in [-0.05, 0) is 19.3 Å². The summed E-state index contributed by atoms with van der Waals surface area (Å²) in [6.45, 7) is 4.08. The third-order valence-corrected chi connectivity index (χ3v) is 3.89. The molecule has 106 valence electrons. The number of hydrogen-bond acceptors (Lipinski definition) is 3. The first-order valence-electron chi connectivity index (χ1n) is 6.99. The zero-order valence-corrected chi connectivity index (χ0v) is 11.8. The minimum absolute atomic E-state index is 0.103. The fourth-order valence-corrected chi connectivity index (χ4v) is 2.62. The summed E-state index contributed by atoms with van der Waals surface area (Å²) in [6, 6.07) is 0. The molecule has 1 aliphatic rings. The van der Waals surface area contributed by atoms with Crippen molar-refractivity contribution in [2.45, 2.75) is 45.7 Å². The lowest BCUT2D eigenvalue weighted by Crippen LogP contribution is -2.48. The van der Waals surface area contributed by atoms with Crippen LogP contribution < -0.4 is 5.32 Å². The summed E-state index contributed by atoms with van der Waals surface area (Å²) < 4.78 is 7.28. The number of carbonyl (C=O) groups is 1. The van der Waals surface area contributed by atoms with E-state index in [4.69, 9.17) is 4.74 Å². The maximum Gasteiger partial charge on any atom is 0.228 e. The SMILES string of the molecule is CCCn1ccnc1CNC(=O)C1(COC)CCC1. The van der Waals surface area contributed by atoms with E-state index >= 15 is 0 Å². The quantitative estimate of drug-likeness (QED) is 0.817. The third kappa shape index (κ3) is 2.97. The molecule has 1 heterocycles. The van der Waals surface area contributed by atoms with E-state index in [1.54, 1.807) is 13.3 Å². The van der Waals surface area contributed by atoms with E-state index in [9.17, 15) is 4.79 Å². The van der Waals surface area contributed by atoms with Crippen molar-refractivity contribution in [3.05, 3.63) is 18.2 Å². The van der Waals surface area contributed by atoms with Crippen LogP contribution >= 0.6 is 0 Å². The fraction of sp³-hybridized carbons (Fsp3) is 0.714. The summed E-state index contributed by atoms with van der Waals surface area (Å²) in [5.41, 5.74) is -0.295. The first-order chi connectivity index (χ1) is 9.22. The van der Waals surface area contributed by atoms with E-state index in [2.05, 4.69) is 21.8 Å². The minimum atomic E-state index is -0.295. The largest absolute Gasteiger partial charge is 0.384 e. The maximum atomic E-state index is 12.3. The molecule has 0 atom stereocenters. The van der Waals surface area contributed by atoms with Gasteiger partial charge in [0.05, 0.1) is 18.6 Å². The predicted molar refractivity (Wildman–Crippen MR) is 72.5 cm³/mol. The molecule has 1 amide bonds. The summed E-state index contributed by atoms with van der Waals surface area (Å²) in [6.07, 6.45) is 7.77. The molecule has 1 saturated carbocycles. The lowest BCUT2D eigenvalue weighted by atomic mass is 9.68. The van der Waals surface area contributed by atoms with Gasteiger partial charge >= 0.3 is 0 Å². The molecular weight excluding hydrogens is 242 g/mol. The molecule has 0 aliphatic heterocycles. The van der Waals surface area contributed by atoms with Crippen molar-refractivity contribution in [1.29, 1.82) is 0 Å². The highest BCUT2D eigenvalue weighted by Gasteiger charge is 2.44. The summed E-state index contributed by atoms with van der Waals surface area (Å²) in [4.78, 5) is 16.6. The van der Waals surface area contributed by atoms with E-state index in [-0.39, 0.29) is 11.3 Å². The van der Waals surface area contributed by atoms with Gasteiger partial charge in [-0.3, -0.25) is 4.79 Å². The highest BCUT2D eigenvalue weighted by atomic mass is 16.5. The molecule has 1 aromatic heterocycles. The highest BCUT2D eigenvalue weighted by Crippen LogP contribution is 2.41. The number of amides is 1. The second-order valence-corrected chi connectivity index (χ2v) is 5.29. The van der Waals surface area contributed by atoms with Gasteiger partial charge in [0.2, 0.25) is 5.91 Å². The van der Waals surface area contributed by atoms with Crippen LogP contribution in [0.5, 0.6) is 0 Å². The minimum Gasteiger partial charge on any atom is -0.384 e. The molecule has 1 aliphatic carbocycles. The Morgan fingerprint density at radius 1 is 1.58 bits per heavy atom. The molecule has 0 saturated heterocycles. The van der Waals surface area contributed by atoms with Gasteiger partial charge in [0.25, 0.3) is 0 Å². The van der Waals surface area contributed by atoms with E-state index < -0.39 is 0 Å². The van der Waals surface area contributed by atoms with Crippen LogP contribution in [0.25, 0.3) is 0 Å². The molecule has 0 aromatic carbocycles. The average molecular weight is 265 g/mol. The second kappa shape index (κ2) is 6.19. The van der Waals surface area contributed by atoms with Crippen LogP contribution in [0.4, 0.5) is 0 Å². The van der Waals surface area contributed by atoms with Crippen LogP contribution in [0, 0.1) is 5.41 Å². The molecule has 0 spiro atoms. The summed E-state index contributed by atoms with van der Waals surface area (Å²) in [5.74, 6) is 1.02. The normalized spacial score (nSPS) is 16.9. The first kappa shape index (κ1) is 14.1. The number of hydrogen-bond donors (Lipinski definition) is 1. The Labute approximate surface area is 114 Å². The van der Waals surface area contributed by atoms with Crippen LogP contribution in [0.15, 0.2) is 12.4 Å². The van der Waals surface area contributed by atoms with E-state index in [1.165, 1.54) is 0 Å². The summed E-state index contributed by atoms with van der Waals surface area (Å²) in [5, 5.41) is 3.01. The van der Waals surface area contributed by atoms with Crippen LogP contribution in [-0.2, 0) is 22.6 Å².